The molecule has 1 aliphatic heterocycles. The highest BCUT2D eigenvalue weighted by Crippen LogP contribution is 2.28. The number of piperidine rings is 1. The smallest absolute Gasteiger partial charge is 0.242 e. The van der Waals surface area contributed by atoms with Gasteiger partial charge in [-0.15, -0.1) is 0 Å². The summed E-state index contributed by atoms with van der Waals surface area (Å²) in [4.78, 5) is 8.66. The van der Waals surface area contributed by atoms with Crippen molar-refractivity contribution in [2.24, 2.45) is 0 Å². The molecule has 1 aliphatic rings. The first-order chi connectivity index (χ1) is 14.7. The zero-order chi connectivity index (χ0) is 22.6. The molecule has 0 saturated carbocycles. The standard InChI is InChI=1S/C21H28ClFN4O3S/c1-26(2)16-7-10-27(11-8-16)21-18(22)13-17(14-24-21)31(28,29)25-9-6-15-4-5-19(23)20(12-15)30-3/h4-5,12-14,16,25H,6-11H2,1-3H3. The maximum Gasteiger partial charge on any atom is 0.242 e. The molecule has 170 valence electrons. The van der Waals surface area contributed by atoms with Gasteiger partial charge in [0.05, 0.1) is 12.1 Å². The monoisotopic (exact) mass is 470 g/mol. The average Bonchev–Trinajstić information content (AvgIpc) is 2.74. The highest BCUT2D eigenvalue weighted by Gasteiger charge is 2.24. The Labute approximate surface area is 188 Å². The van der Waals surface area contributed by atoms with Crippen LogP contribution < -0.4 is 14.4 Å². The van der Waals surface area contributed by atoms with E-state index in [4.69, 9.17) is 16.3 Å². The first-order valence-corrected chi connectivity index (χ1v) is 12.0. The van der Waals surface area contributed by atoms with Gasteiger partial charge in [0.15, 0.2) is 11.6 Å². The number of benzene rings is 1. The Morgan fingerprint density at radius 3 is 2.61 bits per heavy atom. The van der Waals surface area contributed by atoms with Crippen LogP contribution in [0, 0.1) is 5.82 Å². The Morgan fingerprint density at radius 2 is 2.00 bits per heavy atom. The van der Waals surface area contributed by atoms with Crippen molar-refractivity contribution in [1.29, 1.82) is 0 Å². The molecule has 0 spiro atoms. The topological polar surface area (TPSA) is 74.8 Å². The summed E-state index contributed by atoms with van der Waals surface area (Å²) in [6, 6.07) is 6.41. The highest BCUT2D eigenvalue weighted by molar-refractivity contribution is 7.89. The number of nitrogens with zero attached hydrogens (tertiary/aromatic N) is 3. The predicted molar refractivity (Wildman–Crippen MR) is 120 cm³/mol. The van der Waals surface area contributed by atoms with Crippen LogP contribution in [0.5, 0.6) is 5.75 Å². The molecule has 31 heavy (non-hydrogen) atoms. The van der Waals surface area contributed by atoms with Gasteiger partial charge in [0.25, 0.3) is 0 Å². The molecule has 1 N–H and O–H groups in total. The fourth-order valence-corrected chi connectivity index (χ4v) is 5.01. The van der Waals surface area contributed by atoms with E-state index in [1.807, 2.05) is 0 Å². The number of sulfonamides is 1. The van der Waals surface area contributed by atoms with Crippen molar-refractivity contribution in [1.82, 2.24) is 14.6 Å². The van der Waals surface area contributed by atoms with E-state index in [1.54, 1.807) is 12.1 Å². The maximum atomic E-state index is 13.5. The van der Waals surface area contributed by atoms with E-state index < -0.39 is 15.8 Å². The van der Waals surface area contributed by atoms with E-state index >= 15 is 0 Å². The number of rotatable bonds is 8. The molecule has 1 aromatic carbocycles. The normalized spacial score (nSPS) is 15.5. The fraction of sp³-hybridized carbons (Fsp3) is 0.476. The molecule has 10 heteroatoms. The fourth-order valence-electron chi connectivity index (χ4n) is 3.66. The zero-order valence-electron chi connectivity index (χ0n) is 17.9. The molecule has 2 aromatic rings. The van der Waals surface area contributed by atoms with Gasteiger partial charge < -0.3 is 14.5 Å². The zero-order valence-corrected chi connectivity index (χ0v) is 19.5. The molecule has 7 nitrogen and oxygen atoms in total. The molecule has 0 amide bonds. The van der Waals surface area contributed by atoms with Crippen molar-refractivity contribution in [3.05, 3.63) is 46.9 Å². The summed E-state index contributed by atoms with van der Waals surface area (Å²) in [5.41, 5.74) is 0.758. The summed E-state index contributed by atoms with van der Waals surface area (Å²) >= 11 is 6.39. The second-order valence-corrected chi connectivity index (χ2v) is 9.95. The minimum Gasteiger partial charge on any atom is -0.494 e. The number of hydrogen-bond donors (Lipinski definition) is 1. The SMILES string of the molecule is COc1cc(CCNS(=O)(=O)c2cnc(N3CCC(N(C)C)CC3)c(Cl)c2)ccc1F. The van der Waals surface area contributed by atoms with Crippen LogP contribution in [0.1, 0.15) is 18.4 Å². The third-order valence-electron chi connectivity index (χ3n) is 5.52. The number of pyridine rings is 1. The molecule has 0 aliphatic carbocycles. The lowest BCUT2D eigenvalue weighted by Crippen LogP contribution is -2.42. The maximum absolute atomic E-state index is 13.5. The van der Waals surface area contributed by atoms with E-state index in [9.17, 15) is 12.8 Å². The van der Waals surface area contributed by atoms with Gasteiger partial charge in [-0.1, -0.05) is 17.7 Å². The number of aromatic nitrogens is 1. The van der Waals surface area contributed by atoms with Crippen LogP contribution in [0.2, 0.25) is 5.02 Å². The van der Waals surface area contributed by atoms with E-state index in [2.05, 4.69) is 33.6 Å². The van der Waals surface area contributed by atoms with Gasteiger partial charge in [-0.2, -0.15) is 0 Å². The number of methoxy groups -OCH3 is 1. The largest absolute Gasteiger partial charge is 0.494 e. The Hall–Kier alpha value is -1.94. The van der Waals surface area contributed by atoms with Gasteiger partial charge in [0.2, 0.25) is 10.0 Å². The van der Waals surface area contributed by atoms with Crippen molar-refractivity contribution in [3.63, 3.8) is 0 Å². The van der Waals surface area contributed by atoms with Crippen molar-refractivity contribution in [2.45, 2.75) is 30.2 Å². The molecular weight excluding hydrogens is 443 g/mol. The molecule has 0 atom stereocenters. The van der Waals surface area contributed by atoms with E-state index in [-0.39, 0.29) is 17.2 Å². The van der Waals surface area contributed by atoms with Crippen LogP contribution in [0.4, 0.5) is 10.2 Å². The van der Waals surface area contributed by atoms with Crippen LogP contribution in [0.3, 0.4) is 0 Å². The number of hydrogen-bond acceptors (Lipinski definition) is 6. The van der Waals surface area contributed by atoms with Crippen molar-refractivity contribution in [2.75, 3.05) is 45.7 Å². The lowest BCUT2D eigenvalue weighted by Gasteiger charge is -2.36. The molecule has 0 radical (unpaired) electrons. The molecule has 2 heterocycles. The van der Waals surface area contributed by atoms with Gasteiger partial charge in [-0.05, 0) is 57.1 Å². The van der Waals surface area contributed by atoms with Crippen LogP contribution in [-0.4, -0.2) is 65.2 Å². The quantitative estimate of drug-likeness (QED) is 0.639. The molecule has 0 bridgehead atoms. The minimum absolute atomic E-state index is 0.0149. The average molecular weight is 471 g/mol. The van der Waals surface area contributed by atoms with Crippen LogP contribution in [0.15, 0.2) is 35.4 Å². The summed E-state index contributed by atoms with van der Waals surface area (Å²) in [5, 5.41) is 0.314. The van der Waals surface area contributed by atoms with Crippen LogP contribution >= 0.6 is 11.6 Å². The van der Waals surface area contributed by atoms with E-state index in [0.717, 1.165) is 31.5 Å². The molecule has 1 aromatic heterocycles. The summed E-state index contributed by atoms with van der Waals surface area (Å²) in [7, 11) is 1.76. The second kappa shape index (κ2) is 10.1. The Balaban J connectivity index is 1.62. The van der Waals surface area contributed by atoms with Gasteiger partial charge in [0, 0.05) is 31.9 Å². The Kier molecular flexibility index (Phi) is 7.74. The van der Waals surface area contributed by atoms with Gasteiger partial charge in [-0.25, -0.2) is 22.5 Å². The number of anilines is 1. The van der Waals surface area contributed by atoms with Crippen molar-refractivity contribution >= 4 is 27.4 Å². The van der Waals surface area contributed by atoms with Gasteiger partial charge in [0.1, 0.15) is 10.7 Å². The van der Waals surface area contributed by atoms with Crippen molar-refractivity contribution in [3.8, 4) is 5.75 Å². The molecule has 3 rings (SSSR count). The number of nitrogens with one attached hydrogen (secondary N) is 1. The lowest BCUT2D eigenvalue weighted by molar-refractivity contribution is 0.249. The summed E-state index contributed by atoms with van der Waals surface area (Å²) in [6.45, 7) is 1.79. The van der Waals surface area contributed by atoms with E-state index in [1.165, 1.54) is 25.4 Å². The Bertz CT molecular complexity index is 1010. The first kappa shape index (κ1) is 23.7. The minimum atomic E-state index is -3.77. The molecule has 1 fully saturated rings. The predicted octanol–water partition coefficient (Wildman–Crippen LogP) is 2.93. The molecule has 0 unspecified atom stereocenters. The summed E-state index contributed by atoms with van der Waals surface area (Å²) in [5.74, 6) is 0.274. The summed E-state index contributed by atoms with van der Waals surface area (Å²) in [6.07, 6.45) is 3.72. The number of ether oxygens (including phenoxy) is 1. The van der Waals surface area contributed by atoms with Gasteiger partial charge >= 0.3 is 0 Å². The second-order valence-electron chi connectivity index (χ2n) is 7.77. The van der Waals surface area contributed by atoms with Crippen molar-refractivity contribution < 1.29 is 17.5 Å². The Morgan fingerprint density at radius 1 is 1.29 bits per heavy atom. The van der Waals surface area contributed by atoms with Crippen LogP contribution in [0.25, 0.3) is 0 Å². The molecular formula is C21H28ClFN4O3S. The molecule has 1 saturated heterocycles. The third-order valence-corrected chi connectivity index (χ3v) is 7.23. The summed E-state index contributed by atoms with van der Waals surface area (Å²) < 4.78 is 46.3. The van der Waals surface area contributed by atoms with Crippen LogP contribution in [-0.2, 0) is 16.4 Å². The van der Waals surface area contributed by atoms with E-state index in [0.29, 0.717) is 23.3 Å². The lowest BCUT2D eigenvalue weighted by atomic mass is 10.0. The first-order valence-electron chi connectivity index (χ1n) is 10.1. The third kappa shape index (κ3) is 5.85. The number of halogens is 2. The highest BCUT2D eigenvalue weighted by atomic mass is 35.5. The van der Waals surface area contributed by atoms with Gasteiger partial charge in [-0.3, -0.25) is 0 Å².